The van der Waals surface area contributed by atoms with Gasteiger partial charge in [-0.2, -0.15) is 5.10 Å². The first kappa shape index (κ1) is 16.9. The molecular weight excluding hydrogens is 284 g/mol. The Kier molecular flexibility index (Phi) is 5.93. The third kappa shape index (κ3) is 4.28. The number of amides is 1. The Morgan fingerprint density at radius 2 is 2.09 bits per heavy atom. The van der Waals surface area contributed by atoms with E-state index in [0.29, 0.717) is 38.5 Å². The van der Waals surface area contributed by atoms with E-state index in [9.17, 15) is 9.90 Å². The van der Waals surface area contributed by atoms with E-state index in [1.165, 1.54) is 0 Å². The summed E-state index contributed by atoms with van der Waals surface area (Å²) >= 11 is 0. The van der Waals surface area contributed by atoms with Gasteiger partial charge in [0.1, 0.15) is 5.69 Å². The lowest BCUT2D eigenvalue weighted by Gasteiger charge is -2.35. The van der Waals surface area contributed by atoms with E-state index in [0.717, 1.165) is 18.8 Å². The van der Waals surface area contributed by atoms with Crippen LogP contribution in [0.5, 0.6) is 0 Å². The van der Waals surface area contributed by atoms with Crippen molar-refractivity contribution in [3.8, 4) is 0 Å². The van der Waals surface area contributed by atoms with Gasteiger partial charge in [0.2, 0.25) is 0 Å². The number of aliphatic hydroxyl groups is 1. The summed E-state index contributed by atoms with van der Waals surface area (Å²) in [6.45, 7) is 8.25. The normalized spacial score (nSPS) is 17.7. The third-order valence-electron chi connectivity index (χ3n) is 3.86. The van der Waals surface area contributed by atoms with Gasteiger partial charge in [-0.3, -0.25) is 14.4 Å². The number of aromatic nitrogens is 2. The van der Waals surface area contributed by atoms with Crippen molar-refractivity contribution in [2.45, 2.75) is 20.0 Å². The molecule has 1 aromatic rings. The monoisotopic (exact) mass is 310 g/mol. The highest BCUT2D eigenvalue weighted by molar-refractivity contribution is 5.92. The van der Waals surface area contributed by atoms with E-state index in [1.54, 1.807) is 11.7 Å². The molecule has 0 unspecified atom stereocenters. The van der Waals surface area contributed by atoms with Crippen molar-refractivity contribution in [2.75, 3.05) is 45.9 Å². The molecular formula is C15H26N4O3. The molecule has 1 N–H and O–H groups in total. The molecule has 1 atom stereocenters. The Balaban J connectivity index is 1.82. The Bertz CT molecular complexity index is 495. The van der Waals surface area contributed by atoms with Gasteiger partial charge in [0.05, 0.1) is 18.4 Å². The Morgan fingerprint density at radius 3 is 2.64 bits per heavy atom. The molecule has 1 amide bonds. The molecule has 2 heterocycles. The summed E-state index contributed by atoms with van der Waals surface area (Å²) in [5, 5.41) is 14.1. The van der Waals surface area contributed by atoms with Crippen molar-refractivity contribution in [1.82, 2.24) is 19.6 Å². The van der Waals surface area contributed by atoms with Crippen LogP contribution >= 0.6 is 0 Å². The molecule has 1 aromatic heterocycles. The molecule has 0 bridgehead atoms. The fourth-order valence-corrected chi connectivity index (χ4v) is 2.71. The molecule has 0 spiro atoms. The van der Waals surface area contributed by atoms with Crippen molar-refractivity contribution < 1.29 is 14.6 Å². The minimum Gasteiger partial charge on any atom is -0.389 e. The quantitative estimate of drug-likeness (QED) is 0.793. The second kappa shape index (κ2) is 7.71. The molecule has 0 aromatic carbocycles. The molecule has 7 heteroatoms. The van der Waals surface area contributed by atoms with E-state index in [4.69, 9.17) is 4.74 Å². The lowest BCUT2D eigenvalue weighted by Crippen LogP contribution is -2.51. The van der Waals surface area contributed by atoms with Crippen LogP contribution in [0.1, 0.15) is 23.1 Å². The summed E-state index contributed by atoms with van der Waals surface area (Å²) in [6.07, 6.45) is -0.470. The first-order chi connectivity index (χ1) is 10.5. The number of aryl methyl sites for hydroxylation is 2. The lowest BCUT2D eigenvalue weighted by molar-refractivity contribution is 0.0110. The van der Waals surface area contributed by atoms with Gasteiger partial charge in [0, 0.05) is 46.4 Å². The summed E-state index contributed by atoms with van der Waals surface area (Å²) in [7, 11) is 1.79. The number of nitrogens with zero attached hydrogens (tertiary/aromatic N) is 4. The standard InChI is InChI=1S/C15H26N4O3/c1-4-22-11-13(20)10-18-5-7-19(8-6-18)15(21)14-9-12(2)16-17(14)3/h9,13,20H,4-8,10-11H2,1-3H3/t13-/m1/s1. The predicted octanol–water partition coefficient (Wildman–Crippen LogP) is -0.116. The second-order valence-corrected chi connectivity index (χ2v) is 5.70. The summed E-state index contributed by atoms with van der Waals surface area (Å²) < 4.78 is 6.85. The van der Waals surface area contributed by atoms with Crippen LogP contribution in [0.25, 0.3) is 0 Å². The minimum absolute atomic E-state index is 0.0256. The van der Waals surface area contributed by atoms with E-state index in [1.807, 2.05) is 24.8 Å². The highest BCUT2D eigenvalue weighted by Gasteiger charge is 2.25. The first-order valence-electron chi connectivity index (χ1n) is 7.79. The summed E-state index contributed by atoms with van der Waals surface area (Å²) in [6, 6.07) is 1.82. The van der Waals surface area contributed by atoms with Gasteiger partial charge in [-0.15, -0.1) is 0 Å². The first-order valence-corrected chi connectivity index (χ1v) is 7.79. The minimum atomic E-state index is -0.470. The van der Waals surface area contributed by atoms with Crippen LogP contribution in [-0.2, 0) is 11.8 Å². The zero-order chi connectivity index (χ0) is 16.1. The van der Waals surface area contributed by atoms with Gasteiger partial charge in [0.15, 0.2) is 0 Å². The number of hydrogen-bond acceptors (Lipinski definition) is 5. The number of aliphatic hydroxyl groups excluding tert-OH is 1. The zero-order valence-corrected chi connectivity index (χ0v) is 13.7. The smallest absolute Gasteiger partial charge is 0.272 e. The molecule has 7 nitrogen and oxygen atoms in total. The molecule has 1 saturated heterocycles. The number of ether oxygens (including phenoxy) is 1. The van der Waals surface area contributed by atoms with Gasteiger partial charge in [0.25, 0.3) is 5.91 Å². The van der Waals surface area contributed by atoms with E-state index in [2.05, 4.69) is 10.00 Å². The molecule has 1 fully saturated rings. The van der Waals surface area contributed by atoms with Gasteiger partial charge < -0.3 is 14.7 Å². The van der Waals surface area contributed by atoms with Crippen LogP contribution in [0, 0.1) is 6.92 Å². The fraction of sp³-hybridized carbons (Fsp3) is 0.733. The number of piperazine rings is 1. The average Bonchev–Trinajstić information content (AvgIpc) is 2.84. The maximum absolute atomic E-state index is 12.5. The predicted molar refractivity (Wildman–Crippen MR) is 82.8 cm³/mol. The van der Waals surface area contributed by atoms with Crippen LogP contribution in [0.3, 0.4) is 0 Å². The summed E-state index contributed by atoms with van der Waals surface area (Å²) in [5.74, 6) is 0.0256. The number of rotatable bonds is 6. The Hall–Kier alpha value is -1.44. The van der Waals surface area contributed by atoms with Crippen molar-refractivity contribution >= 4 is 5.91 Å². The number of carbonyl (C=O) groups is 1. The van der Waals surface area contributed by atoms with Crippen molar-refractivity contribution in [3.63, 3.8) is 0 Å². The largest absolute Gasteiger partial charge is 0.389 e. The highest BCUT2D eigenvalue weighted by atomic mass is 16.5. The molecule has 0 aliphatic carbocycles. The van der Waals surface area contributed by atoms with Crippen molar-refractivity contribution in [2.24, 2.45) is 7.05 Å². The van der Waals surface area contributed by atoms with Crippen LogP contribution in [0.15, 0.2) is 6.07 Å². The van der Waals surface area contributed by atoms with Crippen LogP contribution in [0.4, 0.5) is 0 Å². The molecule has 2 rings (SSSR count). The van der Waals surface area contributed by atoms with Crippen LogP contribution < -0.4 is 0 Å². The number of β-amino-alcohol motifs (C(OH)–C–C–N with tert-alkyl or cyclic N) is 1. The van der Waals surface area contributed by atoms with E-state index in [-0.39, 0.29) is 5.91 Å². The van der Waals surface area contributed by atoms with Gasteiger partial charge in [-0.1, -0.05) is 0 Å². The molecule has 22 heavy (non-hydrogen) atoms. The third-order valence-corrected chi connectivity index (χ3v) is 3.86. The van der Waals surface area contributed by atoms with Gasteiger partial charge >= 0.3 is 0 Å². The lowest BCUT2D eigenvalue weighted by atomic mass is 10.2. The number of carbonyl (C=O) groups excluding carboxylic acids is 1. The van der Waals surface area contributed by atoms with Crippen LogP contribution in [0.2, 0.25) is 0 Å². The fourth-order valence-electron chi connectivity index (χ4n) is 2.71. The molecule has 1 aliphatic rings. The molecule has 0 radical (unpaired) electrons. The Labute approximate surface area is 131 Å². The van der Waals surface area contributed by atoms with Gasteiger partial charge in [-0.25, -0.2) is 0 Å². The van der Waals surface area contributed by atoms with Crippen molar-refractivity contribution in [1.29, 1.82) is 0 Å². The van der Waals surface area contributed by atoms with E-state index < -0.39 is 6.10 Å². The maximum atomic E-state index is 12.5. The molecule has 0 saturated carbocycles. The van der Waals surface area contributed by atoms with Crippen LogP contribution in [-0.4, -0.2) is 82.6 Å². The number of hydrogen-bond donors (Lipinski definition) is 1. The Morgan fingerprint density at radius 1 is 1.41 bits per heavy atom. The second-order valence-electron chi connectivity index (χ2n) is 5.70. The van der Waals surface area contributed by atoms with Crippen molar-refractivity contribution in [3.05, 3.63) is 17.5 Å². The summed E-state index contributed by atoms with van der Waals surface area (Å²) in [5.41, 5.74) is 1.48. The summed E-state index contributed by atoms with van der Waals surface area (Å²) in [4.78, 5) is 16.5. The average molecular weight is 310 g/mol. The molecule has 1 aliphatic heterocycles. The van der Waals surface area contributed by atoms with Gasteiger partial charge in [-0.05, 0) is 19.9 Å². The topological polar surface area (TPSA) is 70.8 Å². The maximum Gasteiger partial charge on any atom is 0.272 e. The van der Waals surface area contributed by atoms with E-state index >= 15 is 0 Å². The zero-order valence-electron chi connectivity index (χ0n) is 13.7. The highest BCUT2D eigenvalue weighted by Crippen LogP contribution is 2.10. The SMILES string of the molecule is CCOC[C@H](O)CN1CCN(C(=O)c2cc(C)nn2C)CC1. The molecule has 124 valence electrons.